The number of aliphatic hydroxyl groups is 1. The van der Waals surface area contributed by atoms with Crippen LogP contribution in [0.4, 0.5) is 0 Å². The highest BCUT2D eigenvalue weighted by atomic mass is 16.5. The second kappa shape index (κ2) is 5.39. The molecule has 18 heavy (non-hydrogen) atoms. The second-order valence-electron chi connectivity index (χ2n) is 5.56. The van der Waals surface area contributed by atoms with Crippen LogP contribution in [0.2, 0.25) is 0 Å². The van der Waals surface area contributed by atoms with E-state index in [2.05, 4.69) is 43.4 Å². The topological polar surface area (TPSA) is 41.5 Å². The summed E-state index contributed by atoms with van der Waals surface area (Å²) < 4.78 is 5.30. The molecule has 2 N–H and O–H groups in total. The lowest BCUT2D eigenvalue weighted by Crippen LogP contribution is -2.53. The fraction of sp³-hybridized carbons (Fsp3) is 0.600. The number of nitrogens with one attached hydrogen (secondary N) is 1. The van der Waals surface area contributed by atoms with Crippen LogP contribution in [-0.4, -0.2) is 32.0 Å². The van der Waals surface area contributed by atoms with Crippen LogP contribution in [0.5, 0.6) is 0 Å². The number of hydrogen-bond donors (Lipinski definition) is 2. The standard InChI is InChI=1S/C15H23NO2/c1-11(2)12-4-6-13(7-5-12)14(16-3)15(8-17)9-18-10-15/h4-7,11,14,16-17H,8-10H2,1-3H3. The number of rotatable bonds is 5. The number of aliphatic hydroxyl groups excluding tert-OH is 1. The van der Waals surface area contributed by atoms with Crippen molar-refractivity contribution in [2.75, 3.05) is 26.9 Å². The lowest BCUT2D eigenvalue weighted by Gasteiger charge is -2.46. The van der Waals surface area contributed by atoms with Crippen molar-refractivity contribution in [2.45, 2.75) is 25.8 Å². The van der Waals surface area contributed by atoms with Crippen molar-refractivity contribution in [3.05, 3.63) is 35.4 Å². The van der Waals surface area contributed by atoms with Gasteiger partial charge in [0.15, 0.2) is 0 Å². The molecule has 1 aliphatic rings. The molecule has 0 bridgehead atoms. The predicted octanol–water partition coefficient (Wildman–Crippen LogP) is 2.08. The Balaban J connectivity index is 2.22. The highest BCUT2D eigenvalue weighted by molar-refractivity contribution is 5.28. The van der Waals surface area contributed by atoms with Gasteiger partial charge in [0.05, 0.1) is 25.2 Å². The third kappa shape index (κ3) is 2.30. The van der Waals surface area contributed by atoms with Gasteiger partial charge in [-0.2, -0.15) is 0 Å². The molecule has 1 heterocycles. The summed E-state index contributed by atoms with van der Waals surface area (Å²) in [6.07, 6.45) is 0. The molecule has 1 fully saturated rings. The third-order valence-electron chi connectivity index (χ3n) is 3.93. The van der Waals surface area contributed by atoms with Gasteiger partial charge in [0, 0.05) is 6.04 Å². The molecule has 1 atom stereocenters. The van der Waals surface area contributed by atoms with Crippen LogP contribution in [0.3, 0.4) is 0 Å². The molecule has 1 unspecified atom stereocenters. The van der Waals surface area contributed by atoms with Crippen LogP contribution in [0.1, 0.15) is 36.9 Å². The van der Waals surface area contributed by atoms with Gasteiger partial charge in [0.1, 0.15) is 0 Å². The minimum Gasteiger partial charge on any atom is -0.396 e. The van der Waals surface area contributed by atoms with E-state index >= 15 is 0 Å². The molecule has 0 saturated carbocycles. The summed E-state index contributed by atoms with van der Waals surface area (Å²) in [4.78, 5) is 0. The Kier molecular flexibility index (Phi) is 4.05. The van der Waals surface area contributed by atoms with Crippen molar-refractivity contribution < 1.29 is 9.84 Å². The molecule has 0 aliphatic carbocycles. The number of benzene rings is 1. The van der Waals surface area contributed by atoms with Crippen LogP contribution in [0.15, 0.2) is 24.3 Å². The van der Waals surface area contributed by atoms with Gasteiger partial charge in [-0.25, -0.2) is 0 Å². The van der Waals surface area contributed by atoms with E-state index in [1.54, 1.807) is 0 Å². The summed E-state index contributed by atoms with van der Waals surface area (Å²) in [5.41, 5.74) is 2.41. The van der Waals surface area contributed by atoms with Crippen molar-refractivity contribution in [2.24, 2.45) is 5.41 Å². The minimum atomic E-state index is -0.159. The van der Waals surface area contributed by atoms with Crippen molar-refractivity contribution in [3.8, 4) is 0 Å². The lowest BCUT2D eigenvalue weighted by atomic mass is 9.75. The summed E-state index contributed by atoms with van der Waals surface area (Å²) >= 11 is 0. The van der Waals surface area contributed by atoms with Gasteiger partial charge in [0.25, 0.3) is 0 Å². The highest BCUT2D eigenvalue weighted by Gasteiger charge is 2.45. The van der Waals surface area contributed by atoms with Crippen molar-refractivity contribution in [1.82, 2.24) is 5.32 Å². The largest absolute Gasteiger partial charge is 0.396 e. The summed E-state index contributed by atoms with van der Waals surface area (Å²) in [6, 6.07) is 8.82. The van der Waals surface area contributed by atoms with Gasteiger partial charge >= 0.3 is 0 Å². The van der Waals surface area contributed by atoms with Gasteiger partial charge in [-0.15, -0.1) is 0 Å². The van der Waals surface area contributed by atoms with E-state index < -0.39 is 0 Å². The van der Waals surface area contributed by atoms with Crippen LogP contribution < -0.4 is 5.32 Å². The molecular weight excluding hydrogens is 226 g/mol. The Bertz CT molecular complexity index is 376. The van der Waals surface area contributed by atoms with Crippen molar-refractivity contribution in [3.63, 3.8) is 0 Å². The SMILES string of the molecule is CNC(c1ccc(C(C)C)cc1)C1(CO)COC1. The monoisotopic (exact) mass is 249 g/mol. The van der Waals surface area contributed by atoms with Gasteiger partial charge < -0.3 is 15.2 Å². The Hall–Kier alpha value is -0.900. The summed E-state index contributed by atoms with van der Waals surface area (Å²) in [5, 5.41) is 12.9. The maximum absolute atomic E-state index is 9.62. The first-order valence-electron chi connectivity index (χ1n) is 6.59. The van der Waals surface area contributed by atoms with E-state index in [1.807, 2.05) is 7.05 Å². The zero-order valence-electron chi connectivity index (χ0n) is 11.4. The first-order chi connectivity index (χ1) is 8.63. The van der Waals surface area contributed by atoms with E-state index in [1.165, 1.54) is 11.1 Å². The molecule has 3 heteroatoms. The first kappa shape index (κ1) is 13.5. The van der Waals surface area contributed by atoms with Gasteiger partial charge in [-0.3, -0.25) is 0 Å². The van der Waals surface area contributed by atoms with E-state index in [4.69, 9.17) is 4.74 Å². The molecule has 3 nitrogen and oxygen atoms in total. The third-order valence-corrected chi connectivity index (χ3v) is 3.93. The average Bonchev–Trinajstić information content (AvgIpc) is 2.34. The molecule has 1 aromatic rings. The molecule has 0 spiro atoms. The predicted molar refractivity (Wildman–Crippen MR) is 72.7 cm³/mol. The highest BCUT2D eigenvalue weighted by Crippen LogP contribution is 2.40. The number of hydrogen-bond acceptors (Lipinski definition) is 3. The maximum Gasteiger partial charge on any atom is 0.0596 e. The fourth-order valence-corrected chi connectivity index (χ4v) is 2.61. The molecular formula is C15H23NO2. The van der Waals surface area contributed by atoms with Crippen LogP contribution in [-0.2, 0) is 4.74 Å². The Morgan fingerprint density at radius 2 is 1.78 bits per heavy atom. The molecule has 1 saturated heterocycles. The Morgan fingerprint density at radius 1 is 1.22 bits per heavy atom. The van der Waals surface area contributed by atoms with E-state index in [0.29, 0.717) is 19.1 Å². The maximum atomic E-state index is 9.62. The molecule has 1 aromatic carbocycles. The van der Waals surface area contributed by atoms with Crippen LogP contribution in [0.25, 0.3) is 0 Å². The molecule has 0 amide bonds. The molecule has 0 aromatic heterocycles. The van der Waals surface area contributed by atoms with Crippen molar-refractivity contribution in [1.29, 1.82) is 0 Å². The van der Waals surface area contributed by atoms with E-state index in [-0.39, 0.29) is 18.1 Å². The van der Waals surface area contributed by atoms with Crippen LogP contribution >= 0.6 is 0 Å². The summed E-state index contributed by atoms with van der Waals surface area (Å²) in [6.45, 7) is 5.80. The van der Waals surface area contributed by atoms with Gasteiger partial charge in [-0.1, -0.05) is 38.1 Å². The normalized spacial score (nSPS) is 19.6. The smallest absolute Gasteiger partial charge is 0.0596 e. The summed E-state index contributed by atoms with van der Waals surface area (Å²) in [5.74, 6) is 0.547. The Labute approximate surface area is 109 Å². The minimum absolute atomic E-state index is 0.150. The first-order valence-corrected chi connectivity index (χ1v) is 6.59. The zero-order chi connectivity index (χ0) is 13.2. The Morgan fingerprint density at radius 3 is 2.11 bits per heavy atom. The molecule has 2 rings (SSSR count). The van der Waals surface area contributed by atoms with Gasteiger partial charge in [-0.05, 0) is 24.1 Å². The van der Waals surface area contributed by atoms with Crippen molar-refractivity contribution >= 4 is 0 Å². The van der Waals surface area contributed by atoms with E-state index in [9.17, 15) is 5.11 Å². The molecule has 100 valence electrons. The number of ether oxygens (including phenoxy) is 1. The fourth-order valence-electron chi connectivity index (χ4n) is 2.61. The zero-order valence-corrected chi connectivity index (χ0v) is 11.4. The average molecular weight is 249 g/mol. The van der Waals surface area contributed by atoms with Gasteiger partial charge in [0.2, 0.25) is 0 Å². The lowest BCUT2D eigenvalue weighted by molar-refractivity contribution is -0.155. The quantitative estimate of drug-likeness (QED) is 0.839. The summed E-state index contributed by atoms with van der Waals surface area (Å²) in [7, 11) is 1.94. The van der Waals surface area contributed by atoms with E-state index in [0.717, 1.165) is 0 Å². The molecule has 1 aliphatic heterocycles. The van der Waals surface area contributed by atoms with Crippen LogP contribution in [0, 0.1) is 5.41 Å². The second-order valence-corrected chi connectivity index (χ2v) is 5.56. The molecule has 0 radical (unpaired) electrons.